The molecule has 0 spiro atoms. The van der Waals surface area contributed by atoms with Crippen molar-refractivity contribution in [3.8, 4) is 11.5 Å². The van der Waals surface area contributed by atoms with E-state index in [-0.39, 0.29) is 18.6 Å². The molecule has 23 heavy (non-hydrogen) atoms. The van der Waals surface area contributed by atoms with Crippen LogP contribution in [0.4, 0.5) is 5.69 Å². The van der Waals surface area contributed by atoms with E-state index in [2.05, 4.69) is 22.4 Å². The van der Waals surface area contributed by atoms with E-state index in [9.17, 15) is 4.79 Å². The summed E-state index contributed by atoms with van der Waals surface area (Å²) in [7, 11) is 0. The number of rotatable bonds is 5. The third-order valence-corrected chi connectivity index (χ3v) is 4.09. The summed E-state index contributed by atoms with van der Waals surface area (Å²) in [6, 6.07) is 7.30. The average molecular weight is 315 g/mol. The van der Waals surface area contributed by atoms with E-state index in [0.717, 1.165) is 18.4 Å². The molecular formula is C17H21N3O3. The summed E-state index contributed by atoms with van der Waals surface area (Å²) >= 11 is 0. The lowest BCUT2D eigenvalue weighted by Gasteiger charge is -2.26. The Bertz CT molecular complexity index is 642. The fourth-order valence-corrected chi connectivity index (χ4v) is 2.95. The normalized spacial score (nSPS) is 21.1. The molecule has 1 aliphatic rings. The number of ether oxygens (including phenoxy) is 1. The summed E-state index contributed by atoms with van der Waals surface area (Å²) < 4.78 is 10.9. The summed E-state index contributed by atoms with van der Waals surface area (Å²) in [4.78, 5) is 12.0. The molecule has 2 atom stereocenters. The molecule has 1 saturated carbocycles. The Morgan fingerprint density at radius 3 is 3.13 bits per heavy atom. The van der Waals surface area contributed by atoms with Gasteiger partial charge in [0.25, 0.3) is 0 Å². The predicted octanol–water partition coefficient (Wildman–Crippen LogP) is 3.27. The molecule has 1 amide bonds. The van der Waals surface area contributed by atoms with E-state index in [1.54, 1.807) is 6.07 Å². The fourth-order valence-electron chi connectivity index (χ4n) is 2.95. The predicted molar refractivity (Wildman–Crippen MR) is 85.7 cm³/mol. The van der Waals surface area contributed by atoms with Crippen molar-refractivity contribution >= 4 is 11.6 Å². The molecule has 1 N–H and O–H groups in total. The molecule has 0 aliphatic heterocycles. The summed E-state index contributed by atoms with van der Waals surface area (Å²) in [6.07, 6.45) is 6.01. The van der Waals surface area contributed by atoms with Crippen LogP contribution >= 0.6 is 0 Å². The van der Waals surface area contributed by atoms with Crippen molar-refractivity contribution < 1.29 is 13.9 Å². The minimum atomic E-state index is -0.147. The zero-order chi connectivity index (χ0) is 16.1. The number of hydrogen-bond acceptors (Lipinski definition) is 5. The van der Waals surface area contributed by atoms with Crippen LogP contribution in [0.1, 0.15) is 32.6 Å². The van der Waals surface area contributed by atoms with Gasteiger partial charge in [-0.2, -0.15) is 0 Å². The Morgan fingerprint density at radius 1 is 1.43 bits per heavy atom. The number of hydrogen-bond donors (Lipinski definition) is 1. The minimum absolute atomic E-state index is 0.0855. The topological polar surface area (TPSA) is 77.2 Å². The highest BCUT2D eigenvalue weighted by Gasteiger charge is 2.20. The van der Waals surface area contributed by atoms with Gasteiger partial charge in [-0.25, -0.2) is 0 Å². The van der Waals surface area contributed by atoms with Crippen molar-refractivity contribution in [1.29, 1.82) is 0 Å². The van der Waals surface area contributed by atoms with Crippen LogP contribution in [0.2, 0.25) is 0 Å². The quantitative estimate of drug-likeness (QED) is 0.916. The molecular weight excluding hydrogens is 294 g/mol. The van der Waals surface area contributed by atoms with Crippen LogP contribution in [0.3, 0.4) is 0 Å². The van der Waals surface area contributed by atoms with E-state index in [1.807, 2.05) is 18.2 Å². The maximum atomic E-state index is 12.0. The first-order valence-electron chi connectivity index (χ1n) is 7.99. The van der Waals surface area contributed by atoms with Crippen LogP contribution in [-0.2, 0) is 9.53 Å². The molecule has 1 aliphatic carbocycles. The van der Waals surface area contributed by atoms with Gasteiger partial charge in [0.05, 0.1) is 6.10 Å². The van der Waals surface area contributed by atoms with Crippen LogP contribution in [0.25, 0.3) is 11.5 Å². The summed E-state index contributed by atoms with van der Waals surface area (Å²) in [6.45, 7) is 2.32. The Hall–Kier alpha value is -2.21. The number of aromatic nitrogens is 2. The first kappa shape index (κ1) is 15.7. The molecule has 0 unspecified atom stereocenters. The van der Waals surface area contributed by atoms with Crippen molar-refractivity contribution in [3.63, 3.8) is 0 Å². The van der Waals surface area contributed by atoms with Gasteiger partial charge in [-0.1, -0.05) is 25.8 Å². The number of benzene rings is 1. The summed E-state index contributed by atoms with van der Waals surface area (Å²) in [5, 5.41) is 10.4. The van der Waals surface area contributed by atoms with Crippen molar-refractivity contribution in [3.05, 3.63) is 30.7 Å². The van der Waals surface area contributed by atoms with Gasteiger partial charge < -0.3 is 14.5 Å². The third kappa shape index (κ3) is 4.39. The van der Waals surface area contributed by atoms with Crippen LogP contribution in [0.15, 0.2) is 35.1 Å². The van der Waals surface area contributed by atoms with E-state index >= 15 is 0 Å². The Morgan fingerprint density at radius 2 is 2.35 bits per heavy atom. The van der Waals surface area contributed by atoms with Crippen LogP contribution in [0, 0.1) is 5.92 Å². The lowest BCUT2D eigenvalue weighted by molar-refractivity contribution is -0.123. The standard InChI is InChI=1S/C17H21N3O3/c1-12-4-2-7-15(8-12)22-10-16(21)19-14-6-3-5-13(9-14)17-20-18-11-23-17/h3,5-6,9,11-12,15H,2,4,7-8,10H2,1H3,(H,19,21)/t12-,15+/m1/s1. The van der Waals surface area contributed by atoms with Crippen molar-refractivity contribution in [2.75, 3.05) is 11.9 Å². The molecule has 1 aromatic carbocycles. The van der Waals surface area contributed by atoms with Gasteiger partial charge in [-0.3, -0.25) is 4.79 Å². The van der Waals surface area contributed by atoms with Gasteiger partial charge in [-0.15, -0.1) is 10.2 Å². The zero-order valence-corrected chi connectivity index (χ0v) is 13.2. The number of nitrogens with one attached hydrogen (secondary N) is 1. The van der Waals surface area contributed by atoms with Crippen molar-refractivity contribution in [2.24, 2.45) is 5.92 Å². The minimum Gasteiger partial charge on any atom is -0.423 e. The third-order valence-electron chi connectivity index (χ3n) is 4.09. The zero-order valence-electron chi connectivity index (χ0n) is 13.2. The van der Waals surface area contributed by atoms with Gasteiger partial charge in [-0.05, 0) is 37.0 Å². The first-order valence-corrected chi connectivity index (χ1v) is 7.99. The number of carbonyl (C=O) groups excluding carboxylic acids is 1. The second-order valence-corrected chi connectivity index (χ2v) is 6.08. The van der Waals surface area contributed by atoms with Crippen LogP contribution in [0.5, 0.6) is 0 Å². The SMILES string of the molecule is C[C@@H]1CCC[C@H](OCC(=O)Nc2cccc(-c3nnco3)c2)C1. The molecule has 1 heterocycles. The highest BCUT2D eigenvalue weighted by molar-refractivity contribution is 5.92. The van der Waals surface area contributed by atoms with Gasteiger partial charge in [0.15, 0.2) is 0 Å². The number of amides is 1. The number of carbonyl (C=O) groups is 1. The van der Waals surface area contributed by atoms with Gasteiger partial charge in [0, 0.05) is 11.3 Å². The number of anilines is 1. The fraction of sp³-hybridized carbons (Fsp3) is 0.471. The molecule has 122 valence electrons. The molecule has 0 bridgehead atoms. The Kier molecular flexibility index (Phi) is 5.02. The maximum absolute atomic E-state index is 12.0. The second kappa shape index (κ2) is 7.37. The Balaban J connectivity index is 1.52. The van der Waals surface area contributed by atoms with Gasteiger partial charge >= 0.3 is 0 Å². The lowest BCUT2D eigenvalue weighted by Crippen LogP contribution is -2.26. The molecule has 3 rings (SSSR count). The average Bonchev–Trinajstić information content (AvgIpc) is 3.08. The molecule has 6 nitrogen and oxygen atoms in total. The summed E-state index contributed by atoms with van der Waals surface area (Å²) in [5.74, 6) is 0.961. The highest BCUT2D eigenvalue weighted by atomic mass is 16.5. The van der Waals surface area contributed by atoms with Crippen LogP contribution < -0.4 is 5.32 Å². The smallest absolute Gasteiger partial charge is 0.250 e. The van der Waals surface area contributed by atoms with Crippen LogP contribution in [-0.4, -0.2) is 28.8 Å². The maximum Gasteiger partial charge on any atom is 0.250 e. The molecule has 2 aromatic rings. The van der Waals surface area contributed by atoms with Crippen molar-refractivity contribution in [2.45, 2.75) is 38.7 Å². The molecule has 6 heteroatoms. The largest absolute Gasteiger partial charge is 0.423 e. The first-order chi connectivity index (χ1) is 11.2. The van der Waals surface area contributed by atoms with Gasteiger partial charge in [0.1, 0.15) is 6.61 Å². The van der Waals surface area contributed by atoms with E-state index in [4.69, 9.17) is 9.15 Å². The van der Waals surface area contributed by atoms with E-state index in [1.165, 1.54) is 19.2 Å². The van der Waals surface area contributed by atoms with Gasteiger partial charge in [0.2, 0.25) is 18.2 Å². The van der Waals surface area contributed by atoms with Crippen molar-refractivity contribution in [1.82, 2.24) is 10.2 Å². The summed E-state index contributed by atoms with van der Waals surface area (Å²) in [5.41, 5.74) is 1.45. The molecule has 1 fully saturated rings. The second-order valence-electron chi connectivity index (χ2n) is 6.08. The molecule has 0 radical (unpaired) electrons. The van der Waals surface area contributed by atoms with E-state index in [0.29, 0.717) is 17.5 Å². The lowest BCUT2D eigenvalue weighted by atomic mass is 9.89. The Labute approximate surface area is 135 Å². The number of nitrogens with zero attached hydrogens (tertiary/aromatic N) is 2. The molecule has 0 saturated heterocycles. The monoisotopic (exact) mass is 315 g/mol. The molecule has 1 aromatic heterocycles. The highest BCUT2D eigenvalue weighted by Crippen LogP contribution is 2.25. The van der Waals surface area contributed by atoms with E-state index < -0.39 is 0 Å².